The van der Waals surface area contributed by atoms with Gasteiger partial charge in [0.05, 0.1) is 5.57 Å². The molecule has 0 aliphatic carbocycles. The summed E-state index contributed by atoms with van der Waals surface area (Å²) in [6.07, 6.45) is 4.06. The molecule has 3 atom stereocenters. The van der Waals surface area contributed by atoms with E-state index < -0.39 is 349 Å². The minimum atomic E-state index is -0.833. The molecule has 0 amide bonds. The van der Waals surface area contributed by atoms with Crippen molar-refractivity contribution in [3.8, 4) is 0 Å². The molecule has 100 heteroatoms. The number of nitrogens with two attached hydrogens (primary N) is 1. The summed E-state index contributed by atoms with van der Waals surface area (Å²) in [5.74, 6) is -2.55. The fraction of sp³-hybridized carbons (Fsp3) is 0.292. The average molecular weight is 12100 g/mol. The standard InChI is InChI=1S/C22H25NO2.C14H16O3.C8H11N.C2H4O2.2CH4.I45.I44.2H2S/c1-4-11-21(22(24)25-16-19-12-7-5-8-13-19)18(3)23-17(2)20-14-9-6-10-15-20;1-3-7-13(11(2)15)14(16)17-10-12-8-5-4-6-9-12;1-7(9)8-5-3-2-4-6-8;1-2(3)4;;;1-24-26(4)28(6)30(8)32(10)34(12)36(14)38(16)40(18)42(20)44(22)45(23)43(21)41(19)39(17)37(15)35(13)33(11)31(9)29(7)27(5)25(2)3;1-24(2)26(5)28(7)30(9)32(11)34(13)36(15)38(17)40(19)42(21)44(23)43(22)41(20)39(18)37(16)35(14)33(12)31(10)29(8)27(6)25(3)4;;/h4-10,12-15,17,23H,1,11,16H2,2-3H3;3-6,8-9,13H,1,7,10H2,2H3;2-7H,9H2,1H3;1H3,(H,3,4);2*1H4;;;2*1H2/q;;;;;;-1;;;/b21-18+;;;;;;;;;/t17-;;7-;;;;;;;/m0.0......./s1. The number of Topliss-reactive ketones (excluding diaryl/α,β-unsaturated/α-hetero) is 1. The van der Waals surface area contributed by atoms with E-state index in [4.69, 9.17) is 25.1 Å². The number of carboxylic acid groups (broad SMARTS) is 1. The number of carboxylic acids is 1. The van der Waals surface area contributed by atoms with Gasteiger partial charge in [-0.15, -0.1) is 13.2 Å². The second kappa shape index (κ2) is 135. The number of carbonyl (C=O) groups excluding carboxylic acids is 3. The van der Waals surface area contributed by atoms with Crippen LogP contribution in [-0.4, -0.2) is 28.8 Å². The van der Waals surface area contributed by atoms with Gasteiger partial charge >= 0.3 is 1210 Å². The molecule has 0 saturated carbocycles. The maximum atomic E-state index is 12.5. The number of halogens is 89. The first-order valence-electron chi connectivity index (χ1n) is 30.4. The van der Waals surface area contributed by atoms with Crippen LogP contribution in [0.5, 0.6) is 0 Å². The average Bonchev–Trinajstić information content (AvgIpc) is 0.823. The minimum Gasteiger partial charge on any atom is -0.197 e. The largest absolute Gasteiger partial charge is 0.197 e. The van der Waals surface area contributed by atoms with Crippen molar-refractivity contribution in [2.45, 2.75) is 87.6 Å². The second-order valence-electron chi connectivity index (χ2n) is 19.3. The second-order valence-corrected chi connectivity index (χ2v) is 2080. The Kier molecular flexibility index (Phi) is 198. The summed E-state index contributed by atoms with van der Waals surface area (Å²) in [6, 6.07) is 39.5. The molecular weight excluding hydrogens is 12100 g/mol. The van der Waals surface area contributed by atoms with Gasteiger partial charge < -0.3 is 25.6 Å². The maximum Gasteiger partial charge on any atom is -0.197 e. The van der Waals surface area contributed by atoms with Crippen LogP contribution >= 0.6 is 1210 Å². The predicted molar refractivity (Wildman–Crippen MR) is 1490 cm³/mol. The number of aliphatic carboxylic acids is 1. The molecule has 148 heavy (non-hydrogen) atoms. The maximum absolute atomic E-state index is 12.5. The number of hydrogen-bond donors (Lipinski definition) is 3. The summed E-state index contributed by atoms with van der Waals surface area (Å²) < 4.78 is 10.6. The van der Waals surface area contributed by atoms with Gasteiger partial charge in [0.15, 0.2) is 0 Å². The first kappa shape index (κ1) is 218. The van der Waals surface area contributed by atoms with E-state index in [2.05, 4.69) is 894 Å². The fourth-order valence-electron chi connectivity index (χ4n) is 5.95. The van der Waals surface area contributed by atoms with Gasteiger partial charge in [-0.1, -0.05) is 148 Å². The molecule has 0 saturated heterocycles. The number of hydrogen-bond acceptors (Lipinski definition) is 8. The Labute approximate surface area is 1490 Å². The van der Waals surface area contributed by atoms with Gasteiger partial charge in [-0.3, -0.25) is 14.4 Å². The third-order valence-corrected chi connectivity index (χ3v) is 6700. The van der Waals surface area contributed by atoms with E-state index in [-0.39, 0.29) is 78.9 Å². The smallest absolute Gasteiger partial charge is 0.197 e. The van der Waals surface area contributed by atoms with E-state index in [1.54, 1.807) is 12.2 Å². The third kappa shape index (κ3) is 97.2. The van der Waals surface area contributed by atoms with Gasteiger partial charge in [-0.2, -0.15) is 27.0 Å². The zero-order chi connectivity index (χ0) is 112. The van der Waals surface area contributed by atoms with Crippen LogP contribution in [0.25, 0.3) is 0 Å². The number of nitrogens with one attached hydrogen (secondary N) is 1. The van der Waals surface area contributed by atoms with Crippen molar-refractivity contribution in [3.05, 3.63) is 180 Å². The first-order valence-corrected chi connectivity index (χ1v) is 577. The van der Waals surface area contributed by atoms with Crippen molar-refractivity contribution >= 4 is 1240 Å². The van der Waals surface area contributed by atoms with Gasteiger partial charge in [0.1, 0.15) is 24.9 Å². The van der Waals surface area contributed by atoms with Gasteiger partial charge in [-0.05, 0) is 62.8 Å². The van der Waals surface area contributed by atoms with Crippen molar-refractivity contribution in [1.29, 1.82) is 0 Å². The molecule has 0 spiro atoms. The zero-order valence-corrected chi connectivity index (χ0v) is 261. The summed E-state index contributed by atoms with van der Waals surface area (Å²) in [6.45, 7) is 16.2. The molecule has 0 aliphatic heterocycles. The van der Waals surface area contributed by atoms with Crippen LogP contribution in [0.15, 0.2) is 158 Å². The molecular formula is C48H68I89N2O7S2-. The molecule has 1 unspecified atom stereocenters. The predicted octanol–water partition coefficient (Wildman–Crippen LogP) is 85.7. The van der Waals surface area contributed by atoms with Crippen LogP contribution in [0.2, 0.25) is 0 Å². The molecule has 0 aromatic heterocycles. The zero-order valence-electron chi connectivity index (χ0n) is 67.3. The number of carbonyl (C=O) groups is 4. The van der Waals surface area contributed by atoms with Crippen molar-refractivity contribution in [2.75, 3.05) is 0 Å². The molecule has 4 aromatic rings. The quantitative estimate of drug-likeness (QED) is 0.0129. The first-order chi connectivity index (χ1) is 66.7. The number of esters is 2. The molecule has 0 fully saturated rings. The topological polar surface area (TPSA) is 145 Å². The Morgan fingerprint density at radius 2 is 0.527 bits per heavy atom. The molecule has 9 nitrogen and oxygen atoms in total. The number of benzene rings is 4. The molecule has 4 aromatic carbocycles. The Balaban J connectivity index is -0.000000450. The summed E-state index contributed by atoms with van der Waals surface area (Å²) >= 11 is 150. The molecule has 948 valence electrons. The third-order valence-electron chi connectivity index (χ3n) is 11.0. The van der Waals surface area contributed by atoms with E-state index in [0.717, 1.165) is 29.3 Å². The van der Waals surface area contributed by atoms with E-state index in [1.165, 1.54) is 12.5 Å². The van der Waals surface area contributed by atoms with Gasteiger partial charge in [0.2, 0.25) is 0 Å². The summed E-state index contributed by atoms with van der Waals surface area (Å²) in [7, 11) is -21.6. The van der Waals surface area contributed by atoms with Crippen molar-refractivity contribution in [1.82, 2.24) is 5.32 Å². The Morgan fingerprint density at radius 1 is 0.331 bits per heavy atom. The normalized spacial score (nSPS) is 15.7. The van der Waals surface area contributed by atoms with Crippen LogP contribution in [0.4, 0.5) is 0 Å². The van der Waals surface area contributed by atoms with Gasteiger partial charge in [-0.25, -0.2) is 4.79 Å². The molecule has 4 N–H and O–H groups in total. The molecule has 4 rings (SSSR count). The number of ether oxygens (including phenoxy) is 2. The fourth-order valence-corrected chi connectivity index (χ4v) is 16100. The van der Waals surface area contributed by atoms with E-state index in [0.29, 0.717) is 31.7 Å². The van der Waals surface area contributed by atoms with Crippen LogP contribution in [0.1, 0.15) is 96.7 Å². The summed E-state index contributed by atoms with van der Waals surface area (Å²) in [5, 5.41) is 10.8. The van der Waals surface area contributed by atoms with Gasteiger partial charge in [0, 0.05) is 24.7 Å². The molecule has 0 heterocycles. The number of allylic oxidation sites excluding steroid dienone is 3. The van der Waals surface area contributed by atoms with E-state index in [1.807, 2.05) is 123 Å². The summed E-state index contributed by atoms with van der Waals surface area (Å²) in [4.78, 5) is 44.4. The van der Waals surface area contributed by atoms with Crippen molar-refractivity contribution in [2.24, 2.45) is 11.7 Å². The summed E-state index contributed by atoms with van der Waals surface area (Å²) in [5.41, 5.74) is 11.3. The monoisotopic (exact) mass is 12100 g/mol. The van der Waals surface area contributed by atoms with Crippen molar-refractivity contribution in [3.63, 3.8) is 0 Å². The molecule has 0 bridgehead atoms. The Bertz CT molecular complexity index is 4140. The Morgan fingerprint density at radius 3 is 0.709 bits per heavy atom. The Hall–Kier alpha value is 59.6. The SMILES string of the molecule is C.C.C=CC/C(C(=O)OCc1ccccc1)=C(/C)N[C@@H](C)c1ccccc1.C=CCC(C(C)=O)C(=O)OCc1ccccc1.CC(=O)O.C[C@H](N)c1ccccc1.II(I)I(I)I(I)I(I)I(I)I(I)I(I)I(I)I(I)I(I)I(I)I(I)I(I)I(I)I(I)I(I)I(I)I(I)I(I)I(I)I(I)I.I[I-]I(I)I(I)I(I)I(I)I(I)I(I)I(I)I(I)I(I)I(I)I(I)I(I)I(I)I(I)I(I)I(I)I(I)I(I)I(I)I(I)I(I)I.S.S. The number of rotatable bonds is 56. The van der Waals surface area contributed by atoms with E-state index >= 15 is 0 Å². The van der Waals surface area contributed by atoms with Crippen LogP contribution in [-0.2, 0) is 41.9 Å². The molecule has 0 aliphatic rings. The number of ketones is 1. The van der Waals surface area contributed by atoms with Crippen molar-refractivity contribution < 1.29 is 47.0 Å². The van der Waals surface area contributed by atoms with Crippen LogP contribution in [0, 0.1) is 5.92 Å². The van der Waals surface area contributed by atoms with Gasteiger partial charge in [0.25, 0.3) is 5.97 Å². The van der Waals surface area contributed by atoms with Crippen LogP contribution in [0.3, 0.4) is 0 Å². The van der Waals surface area contributed by atoms with E-state index in [9.17, 15) is 14.4 Å². The van der Waals surface area contributed by atoms with Crippen LogP contribution < -0.4 is 24.3 Å². The molecule has 0 radical (unpaired) electrons. The minimum absolute atomic E-state index is 0.